The molecule has 6 heteroatoms. The first-order chi connectivity index (χ1) is 15.5. The number of ether oxygens (including phenoxy) is 1. The lowest BCUT2D eigenvalue weighted by molar-refractivity contribution is -0.120. The van der Waals surface area contributed by atoms with E-state index >= 15 is 0 Å². The molecular weight excluding hydrogens is 422 g/mol. The minimum Gasteiger partial charge on any atom is -0.494 e. The number of nitrogens with one attached hydrogen (secondary N) is 1. The van der Waals surface area contributed by atoms with E-state index < -0.39 is 0 Å². The Kier molecular flexibility index (Phi) is 8.98. The van der Waals surface area contributed by atoms with Crippen molar-refractivity contribution in [3.8, 4) is 5.75 Å². The molecule has 0 aliphatic heterocycles. The van der Waals surface area contributed by atoms with E-state index in [1.165, 1.54) is 5.52 Å². The summed E-state index contributed by atoms with van der Waals surface area (Å²) in [5.41, 5.74) is 4.30. The Morgan fingerprint density at radius 1 is 1.09 bits per heavy atom. The quantitative estimate of drug-likeness (QED) is 0.340. The largest absolute Gasteiger partial charge is 0.494 e. The highest BCUT2D eigenvalue weighted by atomic mass is 35.5. The molecule has 172 valence electrons. The number of hydrogen-bond acceptors (Lipinski definition) is 3. The van der Waals surface area contributed by atoms with E-state index in [0.29, 0.717) is 13.0 Å². The van der Waals surface area contributed by atoms with Crippen LogP contribution in [0.25, 0.3) is 11.0 Å². The van der Waals surface area contributed by atoms with E-state index in [-0.39, 0.29) is 5.91 Å². The maximum Gasteiger partial charge on any atom is 0.219 e. The average Bonchev–Trinajstić information content (AvgIpc) is 3.14. The lowest BCUT2D eigenvalue weighted by Crippen LogP contribution is -2.23. The number of benzene rings is 2. The Hall–Kier alpha value is -2.53. The molecule has 2 aromatic carbocycles. The number of hydrogen-bond donors (Lipinski definition) is 1. The van der Waals surface area contributed by atoms with E-state index in [0.717, 1.165) is 78.4 Å². The van der Waals surface area contributed by atoms with Gasteiger partial charge in [0, 0.05) is 31.0 Å². The van der Waals surface area contributed by atoms with Crippen LogP contribution >= 0.6 is 11.6 Å². The summed E-state index contributed by atoms with van der Waals surface area (Å²) >= 11 is 6.26. The Labute approximate surface area is 196 Å². The van der Waals surface area contributed by atoms with Crippen molar-refractivity contribution in [2.75, 3.05) is 13.2 Å². The number of halogens is 1. The monoisotopic (exact) mass is 455 g/mol. The van der Waals surface area contributed by atoms with Gasteiger partial charge in [-0.15, -0.1) is 0 Å². The Bertz CT molecular complexity index is 1020. The van der Waals surface area contributed by atoms with Gasteiger partial charge in [0.25, 0.3) is 0 Å². The average molecular weight is 456 g/mol. The summed E-state index contributed by atoms with van der Waals surface area (Å²) in [5, 5.41) is 3.75. The number of imidazole rings is 1. The molecule has 1 aromatic heterocycles. The van der Waals surface area contributed by atoms with Crippen LogP contribution < -0.4 is 10.1 Å². The van der Waals surface area contributed by atoms with Gasteiger partial charge in [0.1, 0.15) is 11.6 Å². The van der Waals surface area contributed by atoms with Crippen LogP contribution in [-0.2, 0) is 17.8 Å². The number of aromatic nitrogens is 2. The van der Waals surface area contributed by atoms with Crippen LogP contribution in [-0.4, -0.2) is 28.6 Å². The molecule has 0 unspecified atom stereocenters. The van der Waals surface area contributed by atoms with Gasteiger partial charge in [-0.1, -0.05) is 37.1 Å². The van der Waals surface area contributed by atoms with Crippen LogP contribution in [0.3, 0.4) is 0 Å². The molecule has 1 amide bonds. The normalized spacial score (nSPS) is 11.1. The van der Waals surface area contributed by atoms with Crippen LogP contribution in [0.2, 0.25) is 5.02 Å². The van der Waals surface area contributed by atoms with Gasteiger partial charge in [0.2, 0.25) is 5.91 Å². The Morgan fingerprint density at radius 2 is 1.84 bits per heavy atom. The zero-order chi connectivity index (χ0) is 22.9. The fraction of sp³-hybridized carbons (Fsp3) is 0.462. The number of unbranched alkanes of at least 4 members (excludes halogenated alkanes) is 2. The third kappa shape index (κ3) is 6.49. The summed E-state index contributed by atoms with van der Waals surface area (Å²) in [4.78, 5) is 16.2. The zero-order valence-corrected chi connectivity index (χ0v) is 20.2. The second-order valence-corrected chi connectivity index (χ2v) is 8.63. The zero-order valence-electron chi connectivity index (χ0n) is 19.4. The van der Waals surface area contributed by atoms with Gasteiger partial charge in [-0.05, 0) is 68.5 Å². The van der Waals surface area contributed by atoms with Gasteiger partial charge < -0.3 is 14.6 Å². The van der Waals surface area contributed by atoms with E-state index in [9.17, 15) is 4.79 Å². The number of fused-ring (bicyclic) bond motifs is 1. The molecule has 0 spiro atoms. The summed E-state index contributed by atoms with van der Waals surface area (Å²) in [7, 11) is 0. The van der Waals surface area contributed by atoms with Gasteiger partial charge >= 0.3 is 0 Å². The second-order valence-electron chi connectivity index (χ2n) is 8.26. The molecule has 5 nitrogen and oxygen atoms in total. The van der Waals surface area contributed by atoms with Gasteiger partial charge in [-0.25, -0.2) is 4.98 Å². The summed E-state index contributed by atoms with van der Waals surface area (Å²) in [6.07, 6.45) is 5.52. The van der Waals surface area contributed by atoms with Gasteiger partial charge in [-0.3, -0.25) is 4.79 Å². The summed E-state index contributed by atoms with van der Waals surface area (Å²) in [6, 6.07) is 12.3. The molecule has 32 heavy (non-hydrogen) atoms. The van der Waals surface area contributed by atoms with Gasteiger partial charge in [0.05, 0.1) is 17.6 Å². The molecule has 3 rings (SSSR count). The third-order valence-electron chi connectivity index (χ3n) is 5.66. The number of aryl methyl sites for hydroxylation is 4. The van der Waals surface area contributed by atoms with Gasteiger partial charge in [-0.2, -0.15) is 0 Å². The van der Waals surface area contributed by atoms with Crippen molar-refractivity contribution in [3.63, 3.8) is 0 Å². The van der Waals surface area contributed by atoms with Crippen molar-refractivity contribution in [1.29, 1.82) is 0 Å². The first kappa shape index (κ1) is 24.1. The predicted molar refractivity (Wildman–Crippen MR) is 132 cm³/mol. The van der Waals surface area contributed by atoms with Crippen LogP contribution in [0.15, 0.2) is 36.4 Å². The van der Waals surface area contributed by atoms with E-state index in [2.05, 4.69) is 28.1 Å². The van der Waals surface area contributed by atoms with Crippen LogP contribution in [0.1, 0.15) is 56.0 Å². The minimum atomic E-state index is 0.123. The summed E-state index contributed by atoms with van der Waals surface area (Å²) in [5.74, 6) is 2.12. The van der Waals surface area contributed by atoms with Crippen LogP contribution in [0.4, 0.5) is 0 Å². The first-order valence-corrected chi connectivity index (χ1v) is 12.0. The topological polar surface area (TPSA) is 56.2 Å². The number of para-hydroxylation sites is 2. The molecule has 0 aliphatic rings. The molecule has 0 fully saturated rings. The highest BCUT2D eigenvalue weighted by Crippen LogP contribution is 2.26. The van der Waals surface area contributed by atoms with E-state index in [1.807, 2.05) is 39.0 Å². The molecule has 3 aromatic rings. The molecule has 1 N–H and O–H groups in total. The van der Waals surface area contributed by atoms with Crippen molar-refractivity contribution in [2.24, 2.45) is 0 Å². The van der Waals surface area contributed by atoms with Crippen molar-refractivity contribution in [1.82, 2.24) is 14.9 Å². The van der Waals surface area contributed by atoms with Crippen molar-refractivity contribution >= 4 is 28.5 Å². The molecule has 1 heterocycles. The molecule has 0 saturated carbocycles. The summed E-state index contributed by atoms with van der Waals surface area (Å²) < 4.78 is 8.33. The maximum atomic E-state index is 11.3. The molecule has 0 saturated heterocycles. The molecule has 0 aliphatic carbocycles. The molecule has 0 radical (unpaired) electrons. The maximum absolute atomic E-state index is 11.3. The van der Waals surface area contributed by atoms with E-state index in [1.54, 1.807) is 0 Å². The van der Waals surface area contributed by atoms with Crippen LogP contribution in [0.5, 0.6) is 5.75 Å². The van der Waals surface area contributed by atoms with Crippen molar-refractivity contribution in [2.45, 2.75) is 65.8 Å². The second kappa shape index (κ2) is 11.9. The number of carbonyl (C=O) groups is 1. The highest BCUT2D eigenvalue weighted by Gasteiger charge is 2.10. The fourth-order valence-corrected chi connectivity index (χ4v) is 4.01. The van der Waals surface area contributed by atoms with Gasteiger partial charge in [0.15, 0.2) is 0 Å². The number of amides is 1. The Morgan fingerprint density at radius 3 is 2.59 bits per heavy atom. The highest BCUT2D eigenvalue weighted by molar-refractivity contribution is 6.32. The smallest absolute Gasteiger partial charge is 0.219 e. The first-order valence-electron chi connectivity index (χ1n) is 11.6. The fourth-order valence-electron chi connectivity index (χ4n) is 3.91. The third-order valence-corrected chi connectivity index (χ3v) is 6.25. The van der Waals surface area contributed by atoms with E-state index in [4.69, 9.17) is 21.3 Å². The Balaban J connectivity index is 1.54. The lowest BCUT2D eigenvalue weighted by atomic mass is 10.1. The number of carbonyl (C=O) groups excluding carboxylic acids is 1. The standard InChI is InChI=1S/C26H34ClN3O2/c1-4-25(31)28-14-9-5-6-13-24-29-22-11-7-8-12-23(22)30(24)15-10-16-32-21-17-19(2)26(27)20(3)18-21/h7-8,11-12,17-18H,4-6,9-10,13-16H2,1-3H3,(H,28,31). The molecular formula is C26H34ClN3O2. The van der Waals surface area contributed by atoms with Crippen molar-refractivity contribution in [3.05, 3.63) is 58.4 Å². The lowest BCUT2D eigenvalue weighted by Gasteiger charge is -2.12. The predicted octanol–water partition coefficient (Wildman–Crippen LogP) is 6.01. The summed E-state index contributed by atoms with van der Waals surface area (Å²) in [6.45, 7) is 8.15. The number of nitrogens with zero attached hydrogens (tertiary/aromatic N) is 2. The van der Waals surface area contributed by atoms with Crippen molar-refractivity contribution < 1.29 is 9.53 Å². The number of rotatable bonds is 12. The van der Waals surface area contributed by atoms with Crippen LogP contribution in [0, 0.1) is 13.8 Å². The minimum absolute atomic E-state index is 0.123. The SMILES string of the molecule is CCC(=O)NCCCCCc1nc2ccccc2n1CCCOc1cc(C)c(Cl)c(C)c1. The molecule has 0 bridgehead atoms. The molecule has 0 atom stereocenters.